The van der Waals surface area contributed by atoms with Crippen LogP contribution in [0.25, 0.3) is 0 Å². The summed E-state index contributed by atoms with van der Waals surface area (Å²) in [6.45, 7) is 1.27. The van der Waals surface area contributed by atoms with Gasteiger partial charge in [-0.2, -0.15) is 0 Å². The van der Waals surface area contributed by atoms with E-state index in [1.807, 2.05) is 0 Å². The Morgan fingerprint density at radius 3 is 2.25 bits per heavy atom. The van der Waals surface area contributed by atoms with Crippen molar-refractivity contribution in [2.45, 2.75) is 6.92 Å². The maximum Gasteiger partial charge on any atom is 0.308 e. The van der Waals surface area contributed by atoms with Crippen LogP contribution in [0.4, 0.5) is 11.4 Å². The van der Waals surface area contributed by atoms with E-state index in [0.29, 0.717) is 11.5 Å². The number of methoxy groups -OCH3 is 1. The fourth-order valence-electron chi connectivity index (χ4n) is 1.93. The number of ether oxygens (including phenoxy) is 2. The van der Waals surface area contributed by atoms with Crippen LogP contribution in [0.15, 0.2) is 42.5 Å². The molecule has 0 aliphatic heterocycles. The van der Waals surface area contributed by atoms with Crippen molar-refractivity contribution in [1.29, 1.82) is 0 Å². The number of benzene rings is 2. The molecular formula is C16H14N2O6. The van der Waals surface area contributed by atoms with Crippen molar-refractivity contribution in [3.63, 3.8) is 0 Å². The second-order valence-electron chi connectivity index (χ2n) is 4.71. The molecule has 0 unspecified atom stereocenters. The Kier molecular flexibility index (Phi) is 5.10. The van der Waals surface area contributed by atoms with Crippen molar-refractivity contribution in [3.8, 4) is 11.5 Å². The van der Waals surface area contributed by atoms with Crippen LogP contribution in [0.1, 0.15) is 17.3 Å². The fourth-order valence-corrected chi connectivity index (χ4v) is 1.93. The number of nitrogens with one attached hydrogen (secondary N) is 1. The highest BCUT2D eigenvalue weighted by atomic mass is 16.6. The Morgan fingerprint density at radius 1 is 1.08 bits per heavy atom. The van der Waals surface area contributed by atoms with Gasteiger partial charge in [-0.05, 0) is 36.4 Å². The number of carbonyl (C=O) groups is 2. The minimum Gasteiger partial charge on any atom is -0.496 e. The van der Waals surface area contributed by atoms with Gasteiger partial charge in [0.2, 0.25) is 0 Å². The van der Waals surface area contributed by atoms with Crippen LogP contribution >= 0.6 is 0 Å². The maximum absolute atomic E-state index is 12.2. The monoisotopic (exact) mass is 330 g/mol. The largest absolute Gasteiger partial charge is 0.496 e. The number of carbonyl (C=O) groups excluding carboxylic acids is 2. The van der Waals surface area contributed by atoms with Crippen LogP contribution in [0.5, 0.6) is 11.5 Å². The second-order valence-corrected chi connectivity index (χ2v) is 4.71. The number of amides is 1. The van der Waals surface area contributed by atoms with Crippen molar-refractivity contribution in [2.75, 3.05) is 12.4 Å². The van der Waals surface area contributed by atoms with E-state index in [9.17, 15) is 19.7 Å². The Hall–Kier alpha value is -3.42. The van der Waals surface area contributed by atoms with Crippen molar-refractivity contribution in [3.05, 3.63) is 58.1 Å². The number of anilines is 1. The molecule has 0 spiro atoms. The van der Waals surface area contributed by atoms with Gasteiger partial charge in [0.25, 0.3) is 11.6 Å². The predicted octanol–water partition coefficient (Wildman–Crippen LogP) is 2.78. The third-order valence-electron chi connectivity index (χ3n) is 3.03. The summed E-state index contributed by atoms with van der Waals surface area (Å²) in [4.78, 5) is 33.6. The molecule has 0 aliphatic carbocycles. The van der Waals surface area contributed by atoms with Gasteiger partial charge in [0, 0.05) is 12.5 Å². The number of nitrogens with zero attached hydrogens (tertiary/aromatic N) is 1. The summed E-state index contributed by atoms with van der Waals surface area (Å²) in [6.07, 6.45) is 0. The minimum atomic E-state index is -0.609. The van der Waals surface area contributed by atoms with E-state index in [-0.39, 0.29) is 16.9 Å². The molecule has 0 heterocycles. The SMILES string of the molecule is COc1ccc(NC(=O)c2ccc(OC(C)=O)cc2)c([N+](=O)[O-])c1. The maximum atomic E-state index is 12.2. The molecular weight excluding hydrogens is 316 g/mol. The lowest BCUT2D eigenvalue weighted by atomic mass is 10.2. The molecule has 8 nitrogen and oxygen atoms in total. The quantitative estimate of drug-likeness (QED) is 0.391. The van der Waals surface area contributed by atoms with Gasteiger partial charge < -0.3 is 14.8 Å². The minimum absolute atomic E-state index is 0.0508. The third-order valence-corrected chi connectivity index (χ3v) is 3.03. The Balaban J connectivity index is 2.20. The van der Waals surface area contributed by atoms with E-state index < -0.39 is 16.8 Å². The number of nitro groups is 1. The fraction of sp³-hybridized carbons (Fsp3) is 0.125. The van der Waals surface area contributed by atoms with E-state index in [4.69, 9.17) is 9.47 Å². The van der Waals surface area contributed by atoms with Gasteiger partial charge in [-0.1, -0.05) is 0 Å². The van der Waals surface area contributed by atoms with Crippen molar-refractivity contribution >= 4 is 23.3 Å². The molecule has 0 aliphatic rings. The van der Waals surface area contributed by atoms with Gasteiger partial charge >= 0.3 is 5.97 Å². The van der Waals surface area contributed by atoms with Gasteiger partial charge in [-0.25, -0.2) is 0 Å². The Labute approximate surface area is 137 Å². The summed E-state index contributed by atoms with van der Waals surface area (Å²) in [6, 6.07) is 9.93. The molecule has 2 aromatic carbocycles. The Bertz CT molecular complexity index is 786. The summed E-state index contributed by atoms with van der Waals surface area (Å²) >= 11 is 0. The van der Waals surface area contributed by atoms with Crippen LogP contribution in [0.3, 0.4) is 0 Å². The van der Waals surface area contributed by atoms with E-state index >= 15 is 0 Å². The summed E-state index contributed by atoms with van der Waals surface area (Å²) in [5.41, 5.74) is 0.0325. The first-order valence-corrected chi connectivity index (χ1v) is 6.83. The van der Waals surface area contributed by atoms with E-state index in [1.54, 1.807) is 0 Å². The predicted molar refractivity (Wildman–Crippen MR) is 85.4 cm³/mol. The molecule has 1 amide bonds. The smallest absolute Gasteiger partial charge is 0.308 e. The molecule has 124 valence electrons. The first-order chi connectivity index (χ1) is 11.4. The van der Waals surface area contributed by atoms with Crippen LogP contribution in [-0.2, 0) is 4.79 Å². The summed E-state index contributed by atoms with van der Waals surface area (Å²) < 4.78 is 9.81. The van der Waals surface area contributed by atoms with Crippen LogP contribution in [0, 0.1) is 10.1 Å². The first kappa shape index (κ1) is 16.9. The molecule has 0 bridgehead atoms. The summed E-state index contributed by atoms with van der Waals surface area (Å²) in [5, 5.41) is 13.6. The van der Waals surface area contributed by atoms with Crippen LogP contribution < -0.4 is 14.8 Å². The average Bonchev–Trinajstić information content (AvgIpc) is 2.55. The number of nitro benzene ring substituents is 1. The highest BCUT2D eigenvalue weighted by Gasteiger charge is 2.18. The Morgan fingerprint density at radius 2 is 1.71 bits per heavy atom. The first-order valence-electron chi connectivity index (χ1n) is 6.83. The third kappa shape index (κ3) is 4.07. The molecule has 2 rings (SSSR count). The average molecular weight is 330 g/mol. The van der Waals surface area contributed by atoms with Crippen molar-refractivity contribution in [2.24, 2.45) is 0 Å². The molecule has 0 fully saturated rings. The van der Waals surface area contributed by atoms with E-state index in [2.05, 4.69) is 5.32 Å². The highest BCUT2D eigenvalue weighted by molar-refractivity contribution is 6.05. The van der Waals surface area contributed by atoms with Gasteiger partial charge in [0.1, 0.15) is 17.2 Å². The highest BCUT2D eigenvalue weighted by Crippen LogP contribution is 2.29. The second kappa shape index (κ2) is 7.23. The van der Waals surface area contributed by atoms with Crippen LogP contribution in [-0.4, -0.2) is 23.9 Å². The van der Waals surface area contributed by atoms with Crippen LogP contribution in [0.2, 0.25) is 0 Å². The molecule has 24 heavy (non-hydrogen) atoms. The molecule has 1 N–H and O–H groups in total. The van der Waals surface area contributed by atoms with Gasteiger partial charge in [-0.15, -0.1) is 0 Å². The molecule has 0 radical (unpaired) electrons. The molecule has 0 aromatic heterocycles. The zero-order chi connectivity index (χ0) is 17.7. The summed E-state index contributed by atoms with van der Waals surface area (Å²) in [7, 11) is 1.39. The van der Waals surface area contributed by atoms with Crippen molar-refractivity contribution < 1.29 is 24.0 Å². The molecule has 2 aromatic rings. The zero-order valence-corrected chi connectivity index (χ0v) is 12.9. The van der Waals surface area contributed by atoms with Gasteiger partial charge in [-0.3, -0.25) is 19.7 Å². The molecule has 0 saturated heterocycles. The van der Waals surface area contributed by atoms with Gasteiger partial charge in [0.05, 0.1) is 18.1 Å². The number of esters is 1. The zero-order valence-electron chi connectivity index (χ0n) is 12.9. The lowest BCUT2D eigenvalue weighted by Gasteiger charge is -2.08. The van der Waals surface area contributed by atoms with E-state index in [0.717, 1.165) is 0 Å². The molecule has 0 saturated carbocycles. The molecule has 8 heteroatoms. The number of hydrogen-bond donors (Lipinski definition) is 1. The van der Waals surface area contributed by atoms with E-state index in [1.165, 1.54) is 56.5 Å². The lowest BCUT2D eigenvalue weighted by molar-refractivity contribution is -0.384. The van der Waals surface area contributed by atoms with Crippen molar-refractivity contribution in [1.82, 2.24) is 0 Å². The number of hydrogen-bond acceptors (Lipinski definition) is 6. The standard InChI is InChI=1S/C16H14N2O6/c1-10(19)24-12-5-3-11(4-6-12)16(20)17-14-8-7-13(23-2)9-15(14)18(21)22/h3-9H,1-2H3,(H,17,20). The van der Waals surface area contributed by atoms with Gasteiger partial charge in [0.15, 0.2) is 0 Å². The lowest BCUT2D eigenvalue weighted by Crippen LogP contribution is -2.13. The normalized spacial score (nSPS) is 9.92. The number of rotatable bonds is 5. The summed E-state index contributed by atoms with van der Waals surface area (Å²) in [5.74, 6) is -0.390. The molecule has 0 atom stereocenters. The topological polar surface area (TPSA) is 108 Å².